The van der Waals surface area contributed by atoms with Crippen LogP contribution < -0.4 is 21.8 Å². The lowest BCUT2D eigenvalue weighted by Crippen LogP contribution is -2.65. The van der Waals surface area contributed by atoms with Crippen LogP contribution in [0.25, 0.3) is 0 Å². The Bertz CT molecular complexity index is 815. The number of anilines is 2. The van der Waals surface area contributed by atoms with Gasteiger partial charge in [0.25, 0.3) is 0 Å². The molecule has 0 saturated heterocycles. The standard InChI is InChI=1S/C20H38N2O4Si5/c1-27-23-28(2,3)24-29(4,5)25-30(6,7)26-31(8,19-13-9-17(21)10-14-19)20-15-11-18(22)12-16-20/h9-16H,21-22,27H2,1-8H3. The highest BCUT2D eigenvalue weighted by Crippen LogP contribution is 2.24. The van der Waals surface area contributed by atoms with Crippen LogP contribution in [0, 0.1) is 0 Å². The molecule has 0 atom stereocenters. The van der Waals surface area contributed by atoms with Crippen molar-refractivity contribution in [3.63, 3.8) is 0 Å². The molecule has 0 unspecified atom stereocenters. The molecule has 0 spiro atoms. The molecule has 6 nitrogen and oxygen atoms in total. The summed E-state index contributed by atoms with van der Waals surface area (Å²) in [5.74, 6) is 0. The minimum absolute atomic E-state index is 0.536. The van der Waals surface area contributed by atoms with Crippen LogP contribution in [-0.4, -0.2) is 43.8 Å². The Morgan fingerprint density at radius 1 is 0.581 bits per heavy atom. The Hall–Kier alpha value is -1.04. The van der Waals surface area contributed by atoms with Crippen LogP contribution in [0.4, 0.5) is 11.4 Å². The lowest BCUT2D eigenvalue weighted by Gasteiger charge is -2.42. The summed E-state index contributed by atoms with van der Waals surface area (Å²) in [5.41, 5.74) is 13.4. The Morgan fingerprint density at radius 3 is 1.32 bits per heavy atom. The maximum Gasteiger partial charge on any atom is 0.314 e. The second kappa shape index (κ2) is 9.85. The van der Waals surface area contributed by atoms with E-state index in [4.69, 9.17) is 27.9 Å². The quantitative estimate of drug-likeness (QED) is 0.377. The van der Waals surface area contributed by atoms with Crippen molar-refractivity contribution in [3.8, 4) is 0 Å². The monoisotopic (exact) mass is 510 g/mol. The molecular weight excluding hydrogens is 473 g/mol. The zero-order chi connectivity index (χ0) is 23.5. The van der Waals surface area contributed by atoms with Crippen molar-refractivity contribution in [3.05, 3.63) is 48.5 Å². The minimum Gasteiger partial charge on any atom is -0.442 e. The molecule has 0 radical (unpaired) electrons. The first-order chi connectivity index (χ1) is 14.2. The number of nitrogens with two attached hydrogens (primary N) is 2. The molecule has 0 amide bonds. The van der Waals surface area contributed by atoms with Gasteiger partial charge in [0, 0.05) is 11.4 Å². The first-order valence-electron chi connectivity index (χ1n) is 10.6. The van der Waals surface area contributed by atoms with Gasteiger partial charge in [-0.3, -0.25) is 0 Å². The Morgan fingerprint density at radius 2 is 0.935 bits per heavy atom. The van der Waals surface area contributed by atoms with Gasteiger partial charge in [-0.05, 0) is 80.5 Å². The third kappa shape index (κ3) is 7.51. The molecule has 0 aromatic heterocycles. The number of benzene rings is 2. The SMILES string of the molecule is C[SiH2]O[Si](C)(C)O[Si](C)(C)O[Si](C)(C)O[Si](C)(c1ccc(N)cc1)c1ccc(N)cc1. The van der Waals surface area contributed by atoms with E-state index >= 15 is 0 Å². The average Bonchev–Trinajstić information content (AvgIpc) is 2.59. The van der Waals surface area contributed by atoms with E-state index in [9.17, 15) is 0 Å². The van der Waals surface area contributed by atoms with Gasteiger partial charge in [0.2, 0.25) is 8.32 Å². The Labute approximate surface area is 194 Å². The highest BCUT2D eigenvalue weighted by molar-refractivity contribution is 7.01. The van der Waals surface area contributed by atoms with Crippen molar-refractivity contribution in [1.82, 2.24) is 0 Å². The Kier molecular flexibility index (Phi) is 8.33. The normalized spacial score (nSPS) is 13.8. The molecule has 2 aromatic carbocycles. The van der Waals surface area contributed by atoms with E-state index in [1.807, 2.05) is 24.3 Å². The van der Waals surface area contributed by atoms with Gasteiger partial charge >= 0.3 is 25.7 Å². The van der Waals surface area contributed by atoms with E-state index in [1.165, 1.54) is 0 Å². The van der Waals surface area contributed by atoms with Gasteiger partial charge in [-0.2, -0.15) is 0 Å². The first-order valence-corrected chi connectivity index (χ1v) is 23.5. The molecule has 11 heteroatoms. The predicted molar refractivity (Wildman–Crippen MR) is 144 cm³/mol. The van der Waals surface area contributed by atoms with Crippen molar-refractivity contribution >= 4 is 65.5 Å². The van der Waals surface area contributed by atoms with Crippen molar-refractivity contribution in [2.24, 2.45) is 0 Å². The lowest BCUT2D eigenvalue weighted by molar-refractivity contribution is 0.305. The molecule has 4 N–H and O–H groups in total. The van der Waals surface area contributed by atoms with Crippen molar-refractivity contribution in [2.45, 2.75) is 52.4 Å². The zero-order valence-electron chi connectivity index (χ0n) is 20.1. The fraction of sp³-hybridized carbons (Fsp3) is 0.400. The molecule has 0 aliphatic carbocycles. The largest absolute Gasteiger partial charge is 0.442 e. The van der Waals surface area contributed by atoms with E-state index in [0.717, 1.165) is 21.7 Å². The summed E-state index contributed by atoms with van der Waals surface area (Å²) < 4.78 is 26.2. The molecule has 2 rings (SSSR count). The first kappa shape index (κ1) is 26.2. The smallest absolute Gasteiger partial charge is 0.314 e. The summed E-state index contributed by atoms with van der Waals surface area (Å²) in [7, 11) is -10.3. The van der Waals surface area contributed by atoms with E-state index in [0.29, 0.717) is 0 Å². The number of hydrogen-bond donors (Lipinski definition) is 2. The predicted octanol–water partition coefficient (Wildman–Crippen LogP) is 2.84. The summed E-state index contributed by atoms with van der Waals surface area (Å²) in [4.78, 5) is 0. The van der Waals surface area contributed by atoms with Crippen molar-refractivity contribution < 1.29 is 16.5 Å². The van der Waals surface area contributed by atoms with Crippen LogP contribution in [0.1, 0.15) is 0 Å². The van der Waals surface area contributed by atoms with Crippen LogP contribution in [0.3, 0.4) is 0 Å². The van der Waals surface area contributed by atoms with E-state index < -0.39 is 43.8 Å². The van der Waals surface area contributed by atoms with Crippen LogP contribution >= 0.6 is 0 Å². The van der Waals surface area contributed by atoms with E-state index in [1.54, 1.807) is 0 Å². The highest BCUT2D eigenvalue weighted by atomic mass is 28.5. The van der Waals surface area contributed by atoms with Crippen molar-refractivity contribution in [1.29, 1.82) is 0 Å². The lowest BCUT2D eigenvalue weighted by atomic mass is 10.3. The molecule has 0 aliphatic heterocycles. The number of nitrogen functional groups attached to an aromatic ring is 2. The molecule has 172 valence electrons. The van der Waals surface area contributed by atoms with Crippen LogP contribution in [0.5, 0.6) is 0 Å². The molecule has 0 saturated carbocycles. The Balaban J connectivity index is 2.36. The van der Waals surface area contributed by atoms with Crippen LogP contribution in [0.15, 0.2) is 48.5 Å². The van der Waals surface area contributed by atoms with Gasteiger partial charge in [0.05, 0.1) is 0 Å². The van der Waals surface area contributed by atoms with Gasteiger partial charge in [0.15, 0.2) is 0 Å². The van der Waals surface area contributed by atoms with E-state index in [2.05, 4.69) is 76.6 Å². The molecule has 31 heavy (non-hydrogen) atoms. The third-order valence-corrected chi connectivity index (χ3v) is 23.1. The zero-order valence-corrected chi connectivity index (χ0v) is 25.5. The van der Waals surface area contributed by atoms with Gasteiger partial charge in [-0.1, -0.05) is 30.8 Å². The number of rotatable bonds is 10. The third-order valence-electron chi connectivity index (χ3n) is 4.85. The number of hydrogen-bond acceptors (Lipinski definition) is 6. The topological polar surface area (TPSA) is 89.0 Å². The van der Waals surface area contributed by atoms with Gasteiger partial charge in [-0.15, -0.1) is 0 Å². The maximum atomic E-state index is 7.00. The fourth-order valence-corrected chi connectivity index (χ4v) is 24.9. The average molecular weight is 511 g/mol. The van der Waals surface area contributed by atoms with Gasteiger partial charge in [-0.25, -0.2) is 0 Å². The summed E-state index contributed by atoms with van der Waals surface area (Å²) >= 11 is 0. The molecule has 2 aromatic rings. The van der Waals surface area contributed by atoms with Crippen LogP contribution in [-0.2, 0) is 16.5 Å². The summed E-state index contributed by atoms with van der Waals surface area (Å²) in [6.07, 6.45) is 0. The minimum atomic E-state index is -2.58. The maximum absolute atomic E-state index is 7.00. The summed E-state index contributed by atoms with van der Waals surface area (Å²) in [6, 6.07) is 16.0. The molecule has 0 aliphatic rings. The second-order valence-corrected chi connectivity index (χ2v) is 25.0. The van der Waals surface area contributed by atoms with Gasteiger partial charge in [0.1, 0.15) is 9.76 Å². The molecular formula is C20H38N2O4Si5. The van der Waals surface area contributed by atoms with Gasteiger partial charge < -0.3 is 27.9 Å². The fourth-order valence-electron chi connectivity index (χ4n) is 3.98. The summed E-state index contributed by atoms with van der Waals surface area (Å²) in [5, 5.41) is 2.29. The molecule has 0 bridgehead atoms. The molecule has 0 heterocycles. The molecule has 0 fully saturated rings. The van der Waals surface area contributed by atoms with E-state index in [-0.39, 0.29) is 0 Å². The van der Waals surface area contributed by atoms with Crippen LogP contribution in [0.2, 0.25) is 52.4 Å². The highest BCUT2D eigenvalue weighted by Gasteiger charge is 2.46. The van der Waals surface area contributed by atoms with Crippen molar-refractivity contribution in [2.75, 3.05) is 11.5 Å². The second-order valence-electron chi connectivity index (χ2n) is 9.22. The summed E-state index contributed by atoms with van der Waals surface area (Å²) in [6.45, 7) is 16.9.